The van der Waals surface area contributed by atoms with Gasteiger partial charge in [-0.3, -0.25) is 0 Å². The van der Waals surface area contributed by atoms with Crippen LogP contribution in [-0.4, -0.2) is 34.7 Å². The van der Waals surface area contributed by atoms with Crippen molar-refractivity contribution in [3.05, 3.63) is 23.3 Å². The molecule has 0 aliphatic carbocycles. The van der Waals surface area contributed by atoms with Crippen molar-refractivity contribution in [2.75, 3.05) is 25.5 Å². The van der Waals surface area contributed by atoms with Crippen LogP contribution >= 0.6 is 0 Å². The molecule has 0 bridgehead atoms. The van der Waals surface area contributed by atoms with Gasteiger partial charge in [0.1, 0.15) is 0 Å². The summed E-state index contributed by atoms with van der Waals surface area (Å²) >= 11 is 0. The lowest BCUT2D eigenvalue weighted by Crippen LogP contribution is -2.32. The Balaban J connectivity index is 3.06. The molecule has 1 atom stereocenters. The minimum Gasteiger partial charge on any atom is -0.385 e. The van der Waals surface area contributed by atoms with Gasteiger partial charge in [0.25, 0.3) is 0 Å². The molecule has 2 N–H and O–H groups in total. The normalized spacial score (nSPS) is 13.2. The molecule has 0 aliphatic heterocycles. The minimum absolute atomic E-state index is 0.161. The minimum atomic E-state index is -3.52. The van der Waals surface area contributed by atoms with Crippen LogP contribution in [0.15, 0.2) is 17.0 Å². The average Bonchev–Trinajstić information content (AvgIpc) is 2.35. The van der Waals surface area contributed by atoms with E-state index < -0.39 is 10.0 Å². The highest BCUT2D eigenvalue weighted by Gasteiger charge is 2.20. The van der Waals surface area contributed by atoms with Crippen LogP contribution in [0, 0.1) is 13.8 Å². The van der Waals surface area contributed by atoms with Crippen LogP contribution in [0.1, 0.15) is 25.0 Å². The van der Waals surface area contributed by atoms with Gasteiger partial charge in [-0.05, 0) is 51.0 Å². The molecule has 0 aromatic heterocycles. The van der Waals surface area contributed by atoms with E-state index >= 15 is 0 Å². The van der Waals surface area contributed by atoms with Crippen molar-refractivity contribution in [1.29, 1.82) is 0 Å². The van der Waals surface area contributed by atoms with E-state index in [0.717, 1.165) is 23.4 Å². The molecule has 1 aromatic rings. The summed E-state index contributed by atoms with van der Waals surface area (Å²) in [4.78, 5) is 0.349. The predicted octanol–water partition coefficient (Wildman–Crippen LogP) is 2.05. The van der Waals surface area contributed by atoms with Gasteiger partial charge in [-0.2, -0.15) is 0 Å². The number of hydrogen-bond donors (Lipinski definition) is 2. The number of sulfonamides is 1. The van der Waals surface area contributed by atoms with E-state index in [4.69, 9.17) is 4.74 Å². The fourth-order valence-corrected chi connectivity index (χ4v) is 3.63. The third-order valence-corrected chi connectivity index (χ3v) is 4.80. The highest BCUT2D eigenvalue weighted by Crippen LogP contribution is 2.24. The molecular formula is C14H24N2O3S. The van der Waals surface area contributed by atoms with Crippen molar-refractivity contribution in [2.45, 2.75) is 38.7 Å². The zero-order valence-electron chi connectivity index (χ0n) is 12.8. The van der Waals surface area contributed by atoms with Gasteiger partial charge in [0.2, 0.25) is 10.0 Å². The van der Waals surface area contributed by atoms with E-state index in [0.29, 0.717) is 4.90 Å². The Labute approximate surface area is 121 Å². The number of rotatable bonds is 7. The predicted molar refractivity (Wildman–Crippen MR) is 81.7 cm³/mol. The number of hydrogen-bond acceptors (Lipinski definition) is 4. The Morgan fingerprint density at radius 3 is 2.25 bits per heavy atom. The topological polar surface area (TPSA) is 67.4 Å². The summed E-state index contributed by atoms with van der Waals surface area (Å²) in [5, 5.41) is 3.19. The first-order valence-electron chi connectivity index (χ1n) is 6.69. The zero-order chi connectivity index (χ0) is 15.3. The molecule has 0 heterocycles. The second-order valence-electron chi connectivity index (χ2n) is 4.87. The van der Waals surface area contributed by atoms with Gasteiger partial charge in [0, 0.05) is 25.9 Å². The number of benzene rings is 1. The first-order valence-corrected chi connectivity index (χ1v) is 8.17. The average molecular weight is 300 g/mol. The van der Waals surface area contributed by atoms with E-state index in [2.05, 4.69) is 10.0 Å². The molecule has 0 fully saturated rings. The monoisotopic (exact) mass is 300 g/mol. The fourth-order valence-electron chi connectivity index (χ4n) is 2.06. The fraction of sp³-hybridized carbons (Fsp3) is 0.571. The molecule has 5 nitrogen and oxygen atoms in total. The van der Waals surface area contributed by atoms with E-state index in [-0.39, 0.29) is 12.6 Å². The molecule has 6 heteroatoms. The Bertz CT molecular complexity index is 533. The molecule has 1 rings (SSSR count). The molecule has 1 unspecified atom stereocenters. The summed E-state index contributed by atoms with van der Waals surface area (Å²) in [5.41, 5.74) is 2.41. The summed E-state index contributed by atoms with van der Waals surface area (Å²) in [6, 6.07) is 3.70. The molecule has 20 heavy (non-hydrogen) atoms. The van der Waals surface area contributed by atoms with Gasteiger partial charge in [-0.15, -0.1) is 0 Å². The van der Waals surface area contributed by atoms with Crippen LogP contribution in [0.25, 0.3) is 0 Å². The van der Waals surface area contributed by atoms with Crippen molar-refractivity contribution >= 4 is 15.7 Å². The van der Waals surface area contributed by atoms with Gasteiger partial charge in [0.05, 0.1) is 11.0 Å². The molecule has 1 aromatic carbocycles. The standard InChI is InChI=1S/C14H24N2O3S/c1-6-15-13-7-10(2)14(11(3)8-13)20(17,18)16-9-12(4)19-5/h7-8,12,15-16H,6,9H2,1-5H3. The largest absolute Gasteiger partial charge is 0.385 e. The summed E-state index contributed by atoms with van der Waals surface area (Å²) < 4.78 is 32.4. The second kappa shape index (κ2) is 7.06. The molecule has 114 valence electrons. The van der Waals surface area contributed by atoms with Gasteiger partial charge in [-0.1, -0.05) is 0 Å². The van der Waals surface area contributed by atoms with E-state index in [9.17, 15) is 8.42 Å². The maximum Gasteiger partial charge on any atom is 0.241 e. The van der Waals surface area contributed by atoms with E-state index in [1.807, 2.05) is 39.8 Å². The van der Waals surface area contributed by atoms with Gasteiger partial charge < -0.3 is 10.1 Å². The first kappa shape index (κ1) is 16.9. The Hall–Kier alpha value is -1.11. The molecule has 0 aliphatic rings. The highest BCUT2D eigenvalue weighted by molar-refractivity contribution is 7.89. The van der Waals surface area contributed by atoms with Crippen molar-refractivity contribution in [2.24, 2.45) is 0 Å². The summed E-state index contributed by atoms with van der Waals surface area (Å²) in [7, 11) is -1.96. The maximum atomic E-state index is 12.4. The van der Waals surface area contributed by atoms with Crippen LogP contribution in [-0.2, 0) is 14.8 Å². The highest BCUT2D eigenvalue weighted by atomic mass is 32.2. The summed E-state index contributed by atoms with van der Waals surface area (Å²) in [6.07, 6.45) is -0.161. The van der Waals surface area contributed by atoms with E-state index in [1.165, 1.54) is 0 Å². The molecular weight excluding hydrogens is 276 g/mol. The van der Waals surface area contributed by atoms with Crippen LogP contribution in [0.4, 0.5) is 5.69 Å². The van der Waals surface area contributed by atoms with Crippen LogP contribution in [0.3, 0.4) is 0 Å². The lowest BCUT2D eigenvalue weighted by molar-refractivity contribution is 0.122. The Morgan fingerprint density at radius 2 is 1.80 bits per heavy atom. The lowest BCUT2D eigenvalue weighted by Gasteiger charge is -2.16. The van der Waals surface area contributed by atoms with Gasteiger partial charge in [0.15, 0.2) is 0 Å². The van der Waals surface area contributed by atoms with Crippen molar-refractivity contribution in [3.63, 3.8) is 0 Å². The summed E-state index contributed by atoms with van der Waals surface area (Å²) in [6.45, 7) is 8.49. The van der Waals surface area contributed by atoms with Gasteiger partial charge >= 0.3 is 0 Å². The number of nitrogens with one attached hydrogen (secondary N) is 2. The lowest BCUT2D eigenvalue weighted by atomic mass is 10.1. The number of aryl methyl sites for hydroxylation is 2. The van der Waals surface area contributed by atoms with E-state index in [1.54, 1.807) is 7.11 Å². The third kappa shape index (κ3) is 4.19. The second-order valence-corrected chi connectivity index (χ2v) is 6.57. The first-order chi connectivity index (χ1) is 9.31. The van der Waals surface area contributed by atoms with Crippen LogP contribution in [0.2, 0.25) is 0 Å². The maximum absolute atomic E-state index is 12.4. The molecule has 0 saturated heterocycles. The molecule has 0 radical (unpaired) electrons. The molecule has 0 saturated carbocycles. The SMILES string of the molecule is CCNc1cc(C)c(S(=O)(=O)NCC(C)OC)c(C)c1. The van der Waals surface area contributed by atoms with Crippen LogP contribution in [0.5, 0.6) is 0 Å². The number of methoxy groups -OCH3 is 1. The van der Waals surface area contributed by atoms with Crippen molar-refractivity contribution in [3.8, 4) is 0 Å². The Kier molecular flexibility index (Phi) is 5.98. The zero-order valence-corrected chi connectivity index (χ0v) is 13.6. The van der Waals surface area contributed by atoms with Crippen LogP contribution < -0.4 is 10.0 Å². The number of ether oxygens (including phenoxy) is 1. The van der Waals surface area contributed by atoms with Gasteiger partial charge in [-0.25, -0.2) is 13.1 Å². The third-order valence-electron chi connectivity index (χ3n) is 3.07. The quantitative estimate of drug-likeness (QED) is 0.809. The smallest absolute Gasteiger partial charge is 0.241 e. The number of anilines is 1. The van der Waals surface area contributed by atoms with Crippen molar-refractivity contribution in [1.82, 2.24) is 4.72 Å². The molecule has 0 spiro atoms. The molecule has 0 amide bonds. The Morgan fingerprint density at radius 1 is 1.25 bits per heavy atom. The van der Waals surface area contributed by atoms with Crippen molar-refractivity contribution < 1.29 is 13.2 Å². The summed E-state index contributed by atoms with van der Waals surface area (Å²) in [5.74, 6) is 0.